The third-order valence-electron chi connectivity index (χ3n) is 11.7. The van der Waals surface area contributed by atoms with Crippen molar-refractivity contribution in [1.82, 2.24) is 25.2 Å². The number of ether oxygens (including phenoxy) is 2. The number of carbonyl (C=O) groups is 4. The smallest absolute Gasteiger partial charge is 0.405 e. The second-order valence-electron chi connectivity index (χ2n) is 15.8. The first-order valence-corrected chi connectivity index (χ1v) is 20.2. The van der Waals surface area contributed by atoms with Gasteiger partial charge in [-0.25, -0.2) is 18.2 Å². The molecular formula is C38H52N6O9S. The molecule has 1 aromatic carbocycles. The molecule has 1 saturated heterocycles. The molecule has 6 rings (SSSR count). The summed E-state index contributed by atoms with van der Waals surface area (Å²) in [5, 5.41) is 16.7. The molecule has 4 amide bonds. The molecular weight excluding hydrogens is 717 g/mol. The minimum Gasteiger partial charge on any atom is -0.497 e. The second-order valence-corrected chi connectivity index (χ2v) is 18.0. The number of carbonyl (C=O) groups excluding carboxylic acids is 3. The number of sulfonamides is 1. The molecule has 54 heavy (non-hydrogen) atoms. The average molecular weight is 769 g/mol. The molecule has 0 bridgehead atoms. The van der Waals surface area contributed by atoms with Gasteiger partial charge in [0, 0.05) is 37.2 Å². The van der Waals surface area contributed by atoms with Crippen LogP contribution in [0.2, 0.25) is 0 Å². The van der Waals surface area contributed by atoms with E-state index >= 15 is 0 Å². The highest BCUT2D eigenvalue weighted by Crippen LogP contribution is 2.48. The Balaban J connectivity index is 1.37. The summed E-state index contributed by atoms with van der Waals surface area (Å²) >= 11 is 0. The van der Waals surface area contributed by atoms with Crippen molar-refractivity contribution >= 4 is 50.3 Å². The molecule has 294 valence electrons. The van der Waals surface area contributed by atoms with Crippen molar-refractivity contribution in [3.8, 4) is 11.6 Å². The van der Waals surface area contributed by atoms with Crippen molar-refractivity contribution in [2.75, 3.05) is 32.6 Å². The van der Waals surface area contributed by atoms with E-state index in [4.69, 9.17) is 9.47 Å². The Hall–Kier alpha value is -4.60. The molecule has 2 aliphatic carbocycles. The van der Waals surface area contributed by atoms with E-state index in [-0.39, 0.29) is 37.1 Å². The van der Waals surface area contributed by atoms with Crippen molar-refractivity contribution in [2.45, 2.75) is 101 Å². The van der Waals surface area contributed by atoms with Gasteiger partial charge in [-0.2, -0.15) is 0 Å². The molecule has 4 aliphatic rings. The molecule has 15 nitrogen and oxygen atoms in total. The summed E-state index contributed by atoms with van der Waals surface area (Å²) in [7, 11) is 1.35. The molecule has 0 unspecified atom stereocenters. The molecule has 7 atom stereocenters. The fourth-order valence-electron chi connectivity index (χ4n) is 7.86. The van der Waals surface area contributed by atoms with E-state index in [1.165, 1.54) is 4.90 Å². The highest BCUT2D eigenvalue weighted by molar-refractivity contribution is 7.91. The summed E-state index contributed by atoms with van der Waals surface area (Å²) < 4.78 is 39.5. The van der Waals surface area contributed by atoms with E-state index in [0.717, 1.165) is 17.5 Å². The van der Waals surface area contributed by atoms with Crippen molar-refractivity contribution in [2.24, 2.45) is 17.8 Å². The molecule has 2 aliphatic heterocycles. The molecule has 16 heteroatoms. The fourth-order valence-corrected chi connectivity index (χ4v) is 9.18. The topological polar surface area (TPSA) is 197 Å². The van der Waals surface area contributed by atoms with E-state index in [2.05, 4.69) is 27.3 Å². The van der Waals surface area contributed by atoms with Crippen LogP contribution >= 0.6 is 0 Å². The summed E-state index contributed by atoms with van der Waals surface area (Å²) in [6, 6.07) is 3.17. The van der Waals surface area contributed by atoms with Crippen LogP contribution in [0.5, 0.6) is 11.6 Å². The average Bonchev–Trinajstić information content (AvgIpc) is 4.00. The van der Waals surface area contributed by atoms with Gasteiger partial charge in [-0.3, -0.25) is 19.1 Å². The number of hydrogen-bond acceptors (Lipinski definition) is 10. The number of methoxy groups -OCH3 is 1. The number of allylic oxidation sites excluding steroid dienone is 1. The number of amides is 4. The molecule has 2 saturated carbocycles. The SMILES string of the molecule is CC[C@@H]1C[C@H](C)CC/C=C\[C@@H]2C[C@@]2(C(=O)NS(=O)(=O)C2(C)CC2)NC(=O)[C@@H]2C[C@@H](Oc3ncc(N(C)C)c4cc(OC)ccc34)CN2C(=O)[C@H]1NC(=O)O. The van der Waals surface area contributed by atoms with E-state index in [9.17, 15) is 32.7 Å². The van der Waals surface area contributed by atoms with Crippen molar-refractivity contribution in [1.29, 1.82) is 0 Å². The van der Waals surface area contributed by atoms with Crippen LogP contribution in [-0.2, 0) is 24.4 Å². The van der Waals surface area contributed by atoms with Gasteiger partial charge in [0.1, 0.15) is 29.5 Å². The largest absolute Gasteiger partial charge is 0.497 e. The zero-order valence-corrected chi connectivity index (χ0v) is 32.6. The molecule has 0 spiro atoms. The monoisotopic (exact) mass is 768 g/mol. The standard InChI is InChI=1S/C38H52N6O9S/c1-7-23-16-22(2)10-8-9-11-24-19-38(24,35(47)42-54(50,51)37(3)14-15-37)41-32(45)29-18-26(21-44(29)34(46)31(23)40-36(48)49)53-33-27-13-12-25(52-6)17-28(27)30(20-39-33)43(4)5/h9,11-13,17,20,22-24,26,29,31,40H,7-8,10,14-16,18-19,21H2,1-6H3,(H,41,45)(H,42,47)(H,48,49)/b11-9-/t22-,23-,24-,26-,29+,31+,38-/m1/s1. The first-order valence-electron chi connectivity index (χ1n) is 18.7. The lowest BCUT2D eigenvalue weighted by Crippen LogP contribution is -2.59. The minimum absolute atomic E-state index is 0.00783. The first kappa shape index (κ1) is 39.1. The molecule has 3 fully saturated rings. The third kappa shape index (κ3) is 7.66. The van der Waals surface area contributed by atoms with Crippen molar-refractivity contribution in [3.63, 3.8) is 0 Å². The van der Waals surface area contributed by atoms with Crippen LogP contribution in [0.25, 0.3) is 10.8 Å². The van der Waals surface area contributed by atoms with Crippen LogP contribution in [0.3, 0.4) is 0 Å². The second kappa shape index (κ2) is 14.9. The van der Waals surface area contributed by atoms with Crippen LogP contribution in [-0.4, -0.2) is 103 Å². The number of carboxylic acid groups (broad SMARTS) is 1. The number of benzene rings is 1. The summed E-state index contributed by atoms with van der Waals surface area (Å²) in [6.07, 6.45) is 6.88. The van der Waals surface area contributed by atoms with Gasteiger partial charge in [0.25, 0.3) is 5.91 Å². The Bertz CT molecular complexity index is 1950. The number of nitrogens with zero attached hydrogens (tertiary/aromatic N) is 3. The molecule has 4 N–H and O–H groups in total. The number of aromatic nitrogens is 1. The normalized spacial score (nSPS) is 30.1. The number of anilines is 1. The number of fused-ring (bicyclic) bond motifs is 3. The van der Waals surface area contributed by atoms with Crippen LogP contribution in [0.1, 0.15) is 72.1 Å². The maximum Gasteiger partial charge on any atom is 0.405 e. The lowest BCUT2D eigenvalue weighted by atomic mass is 9.85. The summed E-state index contributed by atoms with van der Waals surface area (Å²) in [5.74, 6) is -1.83. The van der Waals surface area contributed by atoms with Gasteiger partial charge in [-0.15, -0.1) is 0 Å². The zero-order valence-electron chi connectivity index (χ0n) is 31.8. The Kier molecular flexibility index (Phi) is 10.8. The van der Waals surface area contributed by atoms with Gasteiger partial charge in [-0.05, 0) is 75.5 Å². The highest BCUT2D eigenvalue weighted by atomic mass is 32.2. The predicted molar refractivity (Wildman–Crippen MR) is 202 cm³/mol. The molecule has 3 heterocycles. The zero-order chi connectivity index (χ0) is 39.2. The molecule has 1 aromatic heterocycles. The third-order valence-corrected chi connectivity index (χ3v) is 13.8. The highest BCUT2D eigenvalue weighted by Gasteiger charge is 2.63. The van der Waals surface area contributed by atoms with Crippen molar-refractivity contribution < 1.29 is 42.2 Å². The van der Waals surface area contributed by atoms with Crippen LogP contribution in [0, 0.1) is 17.8 Å². The van der Waals surface area contributed by atoms with E-state index in [1.54, 1.807) is 26.3 Å². The number of nitrogens with one attached hydrogen (secondary N) is 3. The Morgan fingerprint density at radius 1 is 1.17 bits per heavy atom. The lowest BCUT2D eigenvalue weighted by Gasteiger charge is -2.33. The molecule has 2 aromatic rings. The summed E-state index contributed by atoms with van der Waals surface area (Å²) in [6.45, 7) is 5.48. The van der Waals surface area contributed by atoms with E-state index < -0.39 is 68.2 Å². The summed E-state index contributed by atoms with van der Waals surface area (Å²) in [5.41, 5.74) is -0.726. The van der Waals surface area contributed by atoms with Gasteiger partial charge in [0.2, 0.25) is 27.7 Å². The fraction of sp³-hybridized carbons (Fsp3) is 0.605. The van der Waals surface area contributed by atoms with Gasteiger partial charge in [0.05, 0.1) is 30.3 Å². The van der Waals surface area contributed by atoms with E-state index in [1.807, 2.05) is 50.2 Å². The minimum atomic E-state index is -4.01. The first-order chi connectivity index (χ1) is 25.5. The van der Waals surface area contributed by atoms with Gasteiger partial charge in [0.15, 0.2) is 0 Å². The maximum atomic E-state index is 14.6. The Labute approximate surface area is 316 Å². The lowest BCUT2D eigenvalue weighted by molar-refractivity contribution is -0.142. The predicted octanol–water partition coefficient (Wildman–Crippen LogP) is 3.57. The molecule has 0 radical (unpaired) electrons. The van der Waals surface area contributed by atoms with Crippen molar-refractivity contribution in [3.05, 3.63) is 36.5 Å². The maximum absolute atomic E-state index is 14.6. The number of rotatable bonds is 9. The number of hydrogen-bond donors (Lipinski definition) is 4. The van der Waals surface area contributed by atoms with Crippen LogP contribution in [0.4, 0.5) is 10.5 Å². The Morgan fingerprint density at radius 2 is 1.91 bits per heavy atom. The quantitative estimate of drug-likeness (QED) is 0.272. The van der Waals surface area contributed by atoms with Gasteiger partial charge >= 0.3 is 6.09 Å². The van der Waals surface area contributed by atoms with Crippen LogP contribution in [0.15, 0.2) is 36.5 Å². The van der Waals surface area contributed by atoms with E-state index in [0.29, 0.717) is 43.2 Å². The Morgan fingerprint density at radius 3 is 2.56 bits per heavy atom. The van der Waals surface area contributed by atoms with Gasteiger partial charge < -0.3 is 35.0 Å². The number of pyridine rings is 1. The van der Waals surface area contributed by atoms with Gasteiger partial charge in [-0.1, -0.05) is 32.4 Å². The summed E-state index contributed by atoms with van der Waals surface area (Å²) in [4.78, 5) is 62.9. The van der Waals surface area contributed by atoms with Crippen LogP contribution < -0.4 is 29.7 Å².